The number of carbonyl (C=O) groups is 2. The molecule has 3 aromatic rings. The van der Waals surface area contributed by atoms with Gasteiger partial charge in [0.25, 0.3) is 0 Å². The van der Waals surface area contributed by atoms with E-state index in [0.717, 1.165) is 17.3 Å². The number of nitrogens with zero attached hydrogens (tertiary/aromatic N) is 1. The number of ether oxygens (including phenoxy) is 1. The van der Waals surface area contributed by atoms with Gasteiger partial charge in [0.05, 0.1) is 29.9 Å². The summed E-state index contributed by atoms with van der Waals surface area (Å²) < 4.78 is 50.5. The fourth-order valence-electron chi connectivity index (χ4n) is 2.81. The van der Waals surface area contributed by atoms with Gasteiger partial charge in [-0.2, -0.15) is 0 Å². The second kappa shape index (κ2) is 9.99. The largest absolute Gasteiger partial charge is 0.489 e. The second-order valence-corrected chi connectivity index (χ2v) is 6.96. The molecule has 3 rings (SSSR count). The molecule has 2 aromatic carbocycles. The van der Waals surface area contributed by atoms with Gasteiger partial charge in [0.1, 0.15) is 18.1 Å². The third-order valence-corrected chi connectivity index (χ3v) is 4.61. The molecule has 7 nitrogen and oxygen atoms in total. The van der Waals surface area contributed by atoms with Gasteiger partial charge in [-0.25, -0.2) is 13.2 Å². The van der Waals surface area contributed by atoms with Gasteiger partial charge in [0, 0.05) is 0 Å². The Morgan fingerprint density at radius 3 is 2.38 bits per heavy atom. The van der Waals surface area contributed by atoms with Crippen LogP contribution in [0.2, 0.25) is 0 Å². The summed E-state index contributed by atoms with van der Waals surface area (Å²) in [6, 6.07) is 8.41. The minimum absolute atomic E-state index is 0.00301. The average Bonchev–Trinajstić information content (AvgIpc) is 3.09. The molecule has 0 saturated heterocycles. The first kappa shape index (κ1) is 22.9. The van der Waals surface area contributed by atoms with Crippen molar-refractivity contribution in [2.45, 2.75) is 26.9 Å². The Hall–Kier alpha value is -3.82. The zero-order valence-corrected chi connectivity index (χ0v) is 17.3. The van der Waals surface area contributed by atoms with E-state index < -0.39 is 41.5 Å². The second-order valence-electron chi connectivity index (χ2n) is 6.96. The zero-order chi connectivity index (χ0) is 23.3. The normalized spacial score (nSPS) is 10.7. The Morgan fingerprint density at radius 1 is 1.00 bits per heavy atom. The summed E-state index contributed by atoms with van der Waals surface area (Å²) in [6.45, 7) is 3.46. The van der Waals surface area contributed by atoms with Gasteiger partial charge in [-0.3, -0.25) is 9.59 Å². The minimum atomic E-state index is -1.69. The molecule has 0 unspecified atom stereocenters. The van der Waals surface area contributed by atoms with E-state index in [0.29, 0.717) is 29.7 Å². The molecule has 1 heterocycles. The van der Waals surface area contributed by atoms with Gasteiger partial charge >= 0.3 is 0 Å². The molecule has 2 N–H and O–H groups in total. The quantitative estimate of drug-likeness (QED) is 0.515. The SMILES string of the molecule is Cc1noc(C)c1COc1ccc(CC(=O)NCC(=O)Nc2ccc(F)c(F)c2F)cc1. The molecule has 0 fully saturated rings. The lowest BCUT2D eigenvalue weighted by Crippen LogP contribution is -2.34. The highest BCUT2D eigenvalue weighted by atomic mass is 19.2. The van der Waals surface area contributed by atoms with Crippen LogP contribution in [0, 0.1) is 31.3 Å². The number of benzene rings is 2. The minimum Gasteiger partial charge on any atom is -0.489 e. The number of amides is 2. The van der Waals surface area contributed by atoms with Gasteiger partial charge in [0.2, 0.25) is 11.8 Å². The highest BCUT2D eigenvalue weighted by molar-refractivity contribution is 5.94. The van der Waals surface area contributed by atoms with Crippen molar-refractivity contribution in [1.82, 2.24) is 10.5 Å². The van der Waals surface area contributed by atoms with Crippen LogP contribution >= 0.6 is 0 Å². The monoisotopic (exact) mass is 447 g/mol. The van der Waals surface area contributed by atoms with E-state index in [1.807, 2.05) is 6.92 Å². The number of hydrogen-bond donors (Lipinski definition) is 2. The summed E-state index contributed by atoms with van der Waals surface area (Å²) in [7, 11) is 0. The predicted octanol–water partition coefficient (Wildman–Crippen LogP) is 3.59. The first-order valence-electron chi connectivity index (χ1n) is 9.58. The van der Waals surface area contributed by atoms with Gasteiger partial charge in [0.15, 0.2) is 17.5 Å². The van der Waals surface area contributed by atoms with Crippen LogP contribution in [-0.2, 0) is 22.6 Å². The summed E-state index contributed by atoms with van der Waals surface area (Å²) in [4.78, 5) is 23.9. The van der Waals surface area contributed by atoms with E-state index >= 15 is 0 Å². The third kappa shape index (κ3) is 5.65. The summed E-state index contributed by atoms with van der Waals surface area (Å²) in [5.74, 6) is -4.52. The Kier molecular flexibility index (Phi) is 7.14. The molecular formula is C22H20F3N3O4. The molecule has 0 atom stereocenters. The van der Waals surface area contributed by atoms with Crippen molar-refractivity contribution in [2.75, 3.05) is 11.9 Å². The number of anilines is 1. The van der Waals surface area contributed by atoms with E-state index in [-0.39, 0.29) is 6.42 Å². The van der Waals surface area contributed by atoms with Crippen molar-refractivity contribution >= 4 is 17.5 Å². The first-order valence-corrected chi connectivity index (χ1v) is 9.58. The lowest BCUT2D eigenvalue weighted by molar-refractivity contribution is -0.123. The van der Waals surface area contributed by atoms with Crippen molar-refractivity contribution in [3.05, 3.63) is 76.4 Å². The van der Waals surface area contributed by atoms with E-state index in [1.165, 1.54) is 0 Å². The maximum absolute atomic E-state index is 13.6. The average molecular weight is 447 g/mol. The Labute approximate surface area is 181 Å². The number of hydrogen-bond acceptors (Lipinski definition) is 5. The molecule has 0 aliphatic rings. The molecule has 0 aliphatic heterocycles. The molecule has 0 aliphatic carbocycles. The van der Waals surface area contributed by atoms with Gasteiger partial charge in [-0.1, -0.05) is 17.3 Å². The lowest BCUT2D eigenvalue weighted by atomic mass is 10.1. The van der Waals surface area contributed by atoms with Crippen LogP contribution in [0.1, 0.15) is 22.6 Å². The maximum atomic E-state index is 13.6. The van der Waals surface area contributed by atoms with Crippen LogP contribution in [0.4, 0.5) is 18.9 Å². The van der Waals surface area contributed by atoms with Crippen molar-refractivity contribution in [2.24, 2.45) is 0 Å². The van der Waals surface area contributed by atoms with Crippen LogP contribution in [-0.4, -0.2) is 23.5 Å². The summed E-state index contributed by atoms with van der Waals surface area (Å²) in [5.41, 5.74) is 1.79. The number of nitrogens with one attached hydrogen (secondary N) is 2. The number of halogens is 3. The van der Waals surface area contributed by atoms with E-state index in [4.69, 9.17) is 9.26 Å². The van der Waals surface area contributed by atoms with Crippen LogP contribution in [0.25, 0.3) is 0 Å². The molecule has 0 radical (unpaired) electrons. The predicted molar refractivity (Wildman–Crippen MR) is 108 cm³/mol. The van der Waals surface area contributed by atoms with Crippen molar-refractivity contribution in [3.8, 4) is 5.75 Å². The fraction of sp³-hybridized carbons (Fsp3) is 0.227. The van der Waals surface area contributed by atoms with Crippen molar-refractivity contribution in [3.63, 3.8) is 0 Å². The first-order chi connectivity index (χ1) is 15.2. The molecular weight excluding hydrogens is 427 g/mol. The standard InChI is InChI=1S/C22H20F3N3O4/c1-12-16(13(2)32-28-12)11-31-15-5-3-14(4-6-15)9-19(29)26-10-20(30)27-18-8-7-17(23)21(24)22(18)25/h3-8H,9-11H2,1-2H3,(H,26,29)(H,27,30). The van der Waals surface area contributed by atoms with E-state index in [2.05, 4.69) is 15.8 Å². The van der Waals surface area contributed by atoms with Crippen LogP contribution in [0.15, 0.2) is 40.9 Å². The Bertz CT molecular complexity index is 1110. The molecule has 10 heteroatoms. The lowest BCUT2D eigenvalue weighted by Gasteiger charge is -2.09. The van der Waals surface area contributed by atoms with Crippen molar-refractivity contribution < 1.29 is 32.0 Å². The highest BCUT2D eigenvalue weighted by Gasteiger charge is 2.16. The van der Waals surface area contributed by atoms with Crippen LogP contribution < -0.4 is 15.4 Å². The molecule has 1 aromatic heterocycles. The van der Waals surface area contributed by atoms with E-state index in [1.54, 1.807) is 31.2 Å². The number of carbonyl (C=O) groups excluding carboxylic acids is 2. The number of rotatable bonds is 8. The molecule has 32 heavy (non-hydrogen) atoms. The van der Waals surface area contributed by atoms with Gasteiger partial charge in [-0.05, 0) is 43.7 Å². The fourth-order valence-corrected chi connectivity index (χ4v) is 2.81. The van der Waals surface area contributed by atoms with Crippen molar-refractivity contribution in [1.29, 1.82) is 0 Å². The summed E-state index contributed by atoms with van der Waals surface area (Å²) >= 11 is 0. The van der Waals surface area contributed by atoms with E-state index in [9.17, 15) is 22.8 Å². The topological polar surface area (TPSA) is 93.5 Å². The number of aromatic nitrogens is 1. The Balaban J connectivity index is 1.45. The molecule has 0 spiro atoms. The van der Waals surface area contributed by atoms with Crippen LogP contribution in [0.3, 0.4) is 0 Å². The maximum Gasteiger partial charge on any atom is 0.243 e. The number of aryl methyl sites for hydroxylation is 2. The smallest absolute Gasteiger partial charge is 0.243 e. The molecule has 168 valence electrons. The zero-order valence-electron chi connectivity index (χ0n) is 17.3. The molecule has 0 bridgehead atoms. The van der Waals surface area contributed by atoms with Gasteiger partial charge < -0.3 is 19.9 Å². The molecule has 0 saturated carbocycles. The third-order valence-electron chi connectivity index (χ3n) is 4.61. The van der Waals surface area contributed by atoms with Gasteiger partial charge in [-0.15, -0.1) is 0 Å². The summed E-state index contributed by atoms with van der Waals surface area (Å²) in [5, 5.41) is 8.31. The Morgan fingerprint density at radius 2 is 1.72 bits per heavy atom. The summed E-state index contributed by atoms with van der Waals surface area (Å²) in [6.07, 6.45) is -0.00301. The van der Waals surface area contributed by atoms with Crippen LogP contribution in [0.5, 0.6) is 5.75 Å². The molecule has 2 amide bonds. The highest BCUT2D eigenvalue weighted by Crippen LogP contribution is 2.20.